The average Bonchev–Trinajstić information content (AvgIpc) is 3.22. The van der Waals surface area contributed by atoms with Gasteiger partial charge in [0.25, 0.3) is 12.2 Å². The van der Waals surface area contributed by atoms with E-state index in [4.69, 9.17) is 19.4 Å². The van der Waals surface area contributed by atoms with Crippen LogP contribution in [0.3, 0.4) is 0 Å². The number of hydrogen-bond donors (Lipinski definition) is 3. The van der Waals surface area contributed by atoms with Crippen LogP contribution in [0.1, 0.15) is 22.2 Å². The molecule has 0 spiro atoms. The van der Waals surface area contributed by atoms with Gasteiger partial charge >= 0.3 is 0 Å². The number of halogens is 4. The molecule has 0 unspecified atom stereocenters. The fraction of sp³-hybridized carbons (Fsp3) is 0.167. The first kappa shape index (κ1) is 21.2. The minimum atomic E-state index is -1.44. The van der Waals surface area contributed by atoms with Crippen LogP contribution in [0.15, 0.2) is 36.8 Å². The van der Waals surface area contributed by atoms with Crippen LogP contribution < -0.4 is 10.8 Å². The number of carbonyl (C=O) groups excluding carboxylic acids is 1. The lowest BCUT2D eigenvalue weighted by molar-refractivity contribution is -0.0276. The number of anilines is 2. The highest BCUT2D eigenvalue weighted by Crippen LogP contribution is 2.35. The molecule has 3 rings (SSSR count). The molecule has 1 aliphatic heterocycles. The summed E-state index contributed by atoms with van der Waals surface area (Å²) in [6.07, 6.45) is 0.983. The predicted molar refractivity (Wildman–Crippen MR) is 103 cm³/mol. The van der Waals surface area contributed by atoms with E-state index in [2.05, 4.69) is 5.32 Å². The zero-order valence-corrected chi connectivity index (χ0v) is 16.7. The SMILES string of the molecule is O=C(NOCCO)c1cc(C2OC=CO2)c(F)c(F)c1Nc1ccc(I)cc1F. The number of aliphatic hydroxyl groups is 1. The summed E-state index contributed by atoms with van der Waals surface area (Å²) in [7, 11) is 0. The van der Waals surface area contributed by atoms with Gasteiger partial charge in [0.15, 0.2) is 11.6 Å². The first-order valence-electron chi connectivity index (χ1n) is 8.15. The Kier molecular flexibility index (Phi) is 6.82. The Morgan fingerprint density at radius 1 is 1.17 bits per heavy atom. The fourth-order valence-electron chi connectivity index (χ4n) is 2.45. The lowest BCUT2D eigenvalue weighted by Crippen LogP contribution is -2.27. The second kappa shape index (κ2) is 9.33. The zero-order valence-electron chi connectivity index (χ0n) is 14.5. The first-order valence-corrected chi connectivity index (χ1v) is 9.23. The van der Waals surface area contributed by atoms with Gasteiger partial charge in [-0.25, -0.2) is 18.7 Å². The molecule has 11 heteroatoms. The third-order valence-corrected chi connectivity index (χ3v) is 4.41. The van der Waals surface area contributed by atoms with Crippen LogP contribution >= 0.6 is 22.6 Å². The summed E-state index contributed by atoms with van der Waals surface area (Å²) in [5.41, 5.74) is 0.440. The smallest absolute Gasteiger partial charge is 0.277 e. The first-order chi connectivity index (χ1) is 13.9. The second-order valence-corrected chi connectivity index (χ2v) is 6.89. The van der Waals surface area contributed by atoms with Gasteiger partial charge in [0.2, 0.25) is 0 Å². The fourth-order valence-corrected chi connectivity index (χ4v) is 2.90. The minimum absolute atomic E-state index is 0.170. The van der Waals surface area contributed by atoms with Gasteiger partial charge in [-0.15, -0.1) is 0 Å². The van der Waals surface area contributed by atoms with Gasteiger partial charge in [-0.3, -0.25) is 9.63 Å². The van der Waals surface area contributed by atoms with Gasteiger partial charge in [-0.1, -0.05) is 0 Å². The van der Waals surface area contributed by atoms with E-state index in [0.717, 1.165) is 18.6 Å². The van der Waals surface area contributed by atoms with Crippen LogP contribution in [-0.4, -0.2) is 24.2 Å². The number of rotatable bonds is 7. The highest BCUT2D eigenvalue weighted by atomic mass is 127. The van der Waals surface area contributed by atoms with E-state index in [0.29, 0.717) is 3.57 Å². The highest BCUT2D eigenvalue weighted by molar-refractivity contribution is 14.1. The van der Waals surface area contributed by atoms with Gasteiger partial charge < -0.3 is 19.9 Å². The average molecular weight is 522 g/mol. The number of aliphatic hydroxyl groups excluding tert-OH is 1. The molecule has 7 nitrogen and oxygen atoms in total. The molecule has 1 aliphatic rings. The molecule has 0 fully saturated rings. The quantitative estimate of drug-likeness (QED) is 0.293. The molecule has 2 aromatic carbocycles. The molecule has 0 radical (unpaired) electrons. The molecule has 3 N–H and O–H groups in total. The van der Waals surface area contributed by atoms with Crippen LogP contribution in [0.5, 0.6) is 0 Å². The number of ether oxygens (including phenoxy) is 2. The molecule has 0 saturated carbocycles. The maximum absolute atomic E-state index is 14.9. The summed E-state index contributed by atoms with van der Waals surface area (Å²) >= 11 is 1.89. The minimum Gasteiger partial charge on any atom is -0.455 e. The number of amides is 1. The van der Waals surface area contributed by atoms with E-state index >= 15 is 0 Å². The number of carbonyl (C=O) groups is 1. The topological polar surface area (TPSA) is 89.1 Å². The highest BCUT2D eigenvalue weighted by Gasteiger charge is 2.29. The monoisotopic (exact) mass is 522 g/mol. The zero-order chi connectivity index (χ0) is 21.0. The van der Waals surface area contributed by atoms with E-state index in [1.165, 1.54) is 12.1 Å². The Morgan fingerprint density at radius 2 is 1.90 bits per heavy atom. The van der Waals surface area contributed by atoms with Crippen molar-refractivity contribution in [2.75, 3.05) is 18.5 Å². The van der Waals surface area contributed by atoms with Crippen LogP contribution in [0.2, 0.25) is 0 Å². The Morgan fingerprint density at radius 3 is 2.55 bits per heavy atom. The second-order valence-electron chi connectivity index (χ2n) is 5.65. The lowest BCUT2D eigenvalue weighted by Gasteiger charge is -2.18. The van der Waals surface area contributed by atoms with E-state index in [9.17, 15) is 18.0 Å². The summed E-state index contributed by atoms with van der Waals surface area (Å²) in [5, 5.41) is 11.1. The molecule has 1 amide bonds. The van der Waals surface area contributed by atoms with Crippen LogP contribution in [-0.2, 0) is 14.3 Å². The molecule has 0 aromatic heterocycles. The molecule has 0 bridgehead atoms. The van der Waals surface area contributed by atoms with Crippen molar-refractivity contribution in [3.05, 3.63) is 68.9 Å². The molecule has 29 heavy (non-hydrogen) atoms. The molecule has 0 aliphatic carbocycles. The Hall–Kier alpha value is -2.51. The largest absolute Gasteiger partial charge is 0.455 e. The van der Waals surface area contributed by atoms with Crippen LogP contribution in [0.4, 0.5) is 24.5 Å². The number of benzene rings is 2. The van der Waals surface area contributed by atoms with Crippen molar-refractivity contribution in [3.8, 4) is 0 Å². The van der Waals surface area contributed by atoms with Gasteiger partial charge in [0, 0.05) is 3.57 Å². The molecule has 0 saturated heterocycles. The van der Waals surface area contributed by atoms with Gasteiger partial charge in [-0.05, 0) is 46.9 Å². The third-order valence-electron chi connectivity index (χ3n) is 3.74. The Bertz CT molecular complexity index is 950. The molecule has 0 atom stereocenters. The van der Waals surface area contributed by atoms with E-state index in [1.54, 1.807) is 6.07 Å². The Balaban J connectivity index is 2.04. The standard InChI is InChI=1S/C18H14F3IN2O5/c19-12-7-9(22)1-2-13(12)23-16-11(17(26)24-29-4-3-25)8-10(14(20)15(16)21)18-27-5-6-28-18/h1-2,5-8,18,23,25H,3-4H2,(H,24,26). The predicted octanol–water partition coefficient (Wildman–Crippen LogP) is 3.62. The van der Waals surface area contributed by atoms with Crippen molar-refractivity contribution >= 4 is 39.9 Å². The maximum Gasteiger partial charge on any atom is 0.277 e. The summed E-state index contributed by atoms with van der Waals surface area (Å²) < 4.78 is 54.3. The summed E-state index contributed by atoms with van der Waals surface area (Å²) in [6.45, 7) is -0.604. The third kappa shape index (κ3) is 4.74. The van der Waals surface area contributed by atoms with Crippen molar-refractivity contribution in [2.24, 2.45) is 0 Å². The van der Waals surface area contributed by atoms with E-state index in [-0.39, 0.29) is 24.5 Å². The van der Waals surface area contributed by atoms with Crippen molar-refractivity contribution in [1.29, 1.82) is 0 Å². The van der Waals surface area contributed by atoms with Gasteiger partial charge in [-0.2, -0.15) is 0 Å². The summed E-state index contributed by atoms with van der Waals surface area (Å²) in [5.74, 6) is -4.46. The van der Waals surface area contributed by atoms with Crippen LogP contribution in [0.25, 0.3) is 0 Å². The molecular formula is C18H14F3IN2O5. The Labute approximate surface area is 176 Å². The number of hydrogen-bond acceptors (Lipinski definition) is 6. The summed E-state index contributed by atoms with van der Waals surface area (Å²) in [4.78, 5) is 17.2. The van der Waals surface area contributed by atoms with Gasteiger partial charge in [0.05, 0.1) is 35.7 Å². The molecular weight excluding hydrogens is 508 g/mol. The van der Waals surface area contributed by atoms with Crippen LogP contribution in [0, 0.1) is 21.0 Å². The van der Waals surface area contributed by atoms with E-state index < -0.39 is 40.9 Å². The summed E-state index contributed by atoms with van der Waals surface area (Å²) in [6, 6.07) is 5.05. The lowest BCUT2D eigenvalue weighted by atomic mass is 10.0. The van der Waals surface area contributed by atoms with Crippen molar-refractivity contribution in [3.63, 3.8) is 0 Å². The number of nitrogens with one attached hydrogen (secondary N) is 2. The molecule has 2 aromatic rings. The molecule has 154 valence electrons. The maximum atomic E-state index is 14.9. The molecule has 1 heterocycles. The van der Waals surface area contributed by atoms with Gasteiger partial charge in [0.1, 0.15) is 18.3 Å². The normalized spacial score (nSPS) is 13.1. The van der Waals surface area contributed by atoms with Crippen molar-refractivity contribution in [1.82, 2.24) is 5.48 Å². The van der Waals surface area contributed by atoms with Crippen molar-refractivity contribution in [2.45, 2.75) is 6.29 Å². The number of hydroxylamine groups is 1. The van der Waals surface area contributed by atoms with Crippen molar-refractivity contribution < 1.29 is 37.4 Å². The van der Waals surface area contributed by atoms with E-state index in [1.807, 2.05) is 28.1 Å².